The van der Waals surface area contributed by atoms with Crippen LogP contribution in [-0.2, 0) is 19.6 Å². The summed E-state index contributed by atoms with van der Waals surface area (Å²) in [7, 11) is -3.95. The average Bonchev–Trinajstić information content (AvgIpc) is 3.30. The van der Waals surface area contributed by atoms with Crippen molar-refractivity contribution in [3.8, 4) is 0 Å². The van der Waals surface area contributed by atoms with Gasteiger partial charge in [0.05, 0.1) is 23.1 Å². The van der Waals surface area contributed by atoms with Gasteiger partial charge in [-0.25, -0.2) is 13.2 Å². The molecule has 0 radical (unpaired) electrons. The summed E-state index contributed by atoms with van der Waals surface area (Å²) in [5.74, 6) is -2.48. The van der Waals surface area contributed by atoms with Gasteiger partial charge >= 0.3 is 12.0 Å². The van der Waals surface area contributed by atoms with Crippen molar-refractivity contribution < 1.29 is 32.8 Å². The summed E-state index contributed by atoms with van der Waals surface area (Å²) in [6.45, 7) is 3.27. The van der Waals surface area contributed by atoms with Crippen LogP contribution >= 0.6 is 0 Å². The van der Waals surface area contributed by atoms with Gasteiger partial charge in [0.15, 0.2) is 6.17 Å². The van der Waals surface area contributed by atoms with Gasteiger partial charge in [0.25, 0.3) is 11.6 Å². The van der Waals surface area contributed by atoms with Crippen LogP contribution in [0.15, 0.2) is 48.5 Å². The second-order valence-electron chi connectivity index (χ2n) is 8.80. The molecule has 0 aromatic heterocycles. The van der Waals surface area contributed by atoms with Crippen LogP contribution in [0.25, 0.3) is 0 Å². The second kappa shape index (κ2) is 12.0. The highest BCUT2D eigenvalue weighted by molar-refractivity contribution is 7.89. The fraction of sp³-hybridized carbons (Fsp3) is 0.375. The third-order valence-electron chi connectivity index (χ3n) is 5.89. The number of hydrogen-bond donors (Lipinski definition) is 3. The first-order chi connectivity index (χ1) is 17.9. The summed E-state index contributed by atoms with van der Waals surface area (Å²) in [4.78, 5) is 49.9. The average molecular weight is 548 g/mol. The number of nitro groups is 1. The molecule has 2 unspecified atom stereocenters. The van der Waals surface area contributed by atoms with Crippen molar-refractivity contribution in [2.75, 3.05) is 24.2 Å². The number of rotatable bonds is 10. The van der Waals surface area contributed by atoms with Crippen LogP contribution in [0, 0.1) is 17.0 Å². The lowest BCUT2D eigenvalue weighted by atomic mass is 10.0. The lowest BCUT2D eigenvalue weighted by molar-refractivity contribution is -0.384. The molecule has 13 nitrogen and oxygen atoms in total. The number of amides is 3. The largest absolute Gasteiger partial charge is 0.481 e. The number of aryl methyl sites for hydroxylation is 1. The fourth-order valence-electron chi connectivity index (χ4n) is 4.20. The van der Waals surface area contributed by atoms with Crippen LogP contribution in [0.1, 0.15) is 36.9 Å². The second-order valence-corrected chi connectivity index (χ2v) is 10.8. The van der Waals surface area contributed by atoms with Gasteiger partial charge in [-0.1, -0.05) is 31.2 Å². The Hall–Kier alpha value is -4.04. The van der Waals surface area contributed by atoms with E-state index in [0.29, 0.717) is 5.69 Å². The highest BCUT2D eigenvalue weighted by atomic mass is 32.2. The molecule has 1 saturated heterocycles. The number of hydrogen-bond acceptors (Lipinski definition) is 7. The van der Waals surface area contributed by atoms with E-state index in [1.165, 1.54) is 18.2 Å². The SMILES string of the molecule is CCCS(=O)(=O)N1CCN(C(=O)Nc2cccc(C)c2)C1C(=O)NC(CC(=O)O)c1cccc([N+](=O)[O-])c1. The molecule has 1 fully saturated rings. The normalized spacial score (nSPS) is 16.6. The number of nitrogens with zero attached hydrogens (tertiary/aromatic N) is 3. The quantitative estimate of drug-likeness (QED) is 0.300. The number of carbonyl (C=O) groups excluding carboxylic acids is 2. The number of nitrogens with one attached hydrogen (secondary N) is 2. The maximum absolute atomic E-state index is 13.5. The molecule has 0 aliphatic carbocycles. The van der Waals surface area contributed by atoms with E-state index in [9.17, 15) is 38.0 Å². The molecule has 2 aromatic carbocycles. The van der Waals surface area contributed by atoms with Crippen molar-refractivity contribution in [3.63, 3.8) is 0 Å². The first kappa shape index (κ1) is 28.5. The molecule has 204 valence electrons. The molecule has 1 aliphatic heterocycles. The lowest BCUT2D eigenvalue weighted by Gasteiger charge is -2.30. The van der Waals surface area contributed by atoms with Crippen molar-refractivity contribution >= 4 is 39.3 Å². The van der Waals surface area contributed by atoms with Crippen LogP contribution < -0.4 is 10.6 Å². The molecule has 3 N–H and O–H groups in total. The Morgan fingerprint density at radius 2 is 1.87 bits per heavy atom. The van der Waals surface area contributed by atoms with E-state index in [0.717, 1.165) is 20.8 Å². The van der Waals surface area contributed by atoms with Crippen molar-refractivity contribution in [2.24, 2.45) is 0 Å². The number of nitro benzene ring substituents is 1. The molecule has 38 heavy (non-hydrogen) atoms. The van der Waals surface area contributed by atoms with Crippen molar-refractivity contribution in [2.45, 2.75) is 38.9 Å². The lowest BCUT2D eigenvalue weighted by Crippen LogP contribution is -2.55. The smallest absolute Gasteiger partial charge is 0.323 e. The van der Waals surface area contributed by atoms with Gasteiger partial charge in [-0.2, -0.15) is 4.31 Å². The van der Waals surface area contributed by atoms with Crippen molar-refractivity contribution in [1.82, 2.24) is 14.5 Å². The molecule has 0 bridgehead atoms. The number of benzene rings is 2. The van der Waals surface area contributed by atoms with Gasteiger partial charge in [0, 0.05) is 30.9 Å². The Kier molecular flexibility index (Phi) is 9.01. The van der Waals surface area contributed by atoms with E-state index in [1.807, 2.05) is 13.0 Å². The molecule has 2 aromatic rings. The number of carbonyl (C=O) groups is 3. The predicted octanol–water partition coefficient (Wildman–Crippen LogP) is 2.45. The molecule has 0 spiro atoms. The van der Waals surface area contributed by atoms with E-state index < -0.39 is 51.5 Å². The number of anilines is 1. The van der Waals surface area contributed by atoms with E-state index in [-0.39, 0.29) is 36.5 Å². The summed E-state index contributed by atoms with van der Waals surface area (Å²) in [5.41, 5.74) is 1.16. The molecular weight excluding hydrogens is 518 g/mol. The van der Waals surface area contributed by atoms with Crippen LogP contribution in [0.4, 0.5) is 16.2 Å². The van der Waals surface area contributed by atoms with E-state index in [4.69, 9.17) is 0 Å². The molecule has 14 heteroatoms. The summed E-state index contributed by atoms with van der Waals surface area (Å²) in [6.07, 6.45) is -1.94. The van der Waals surface area contributed by atoms with Gasteiger partial charge in [-0.3, -0.25) is 24.6 Å². The van der Waals surface area contributed by atoms with Crippen LogP contribution in [0.2, 0.25) is 0 Å². The minimum Gasteiger partial charge on any atom is -0.481 e. The van der Waals surface area contributed by atoms with Crippen LogP contribution in [0.3, 0.4) is 0 Å². The Balaban J connectivity index is 1.95. The summed E-state index contributed by atoms with van der Waals surface area (Å²) >= 11 is 0. The Bertz CT molecular complexity index is 1330. The number of carboxylic acids is 1. The van der Waals surface area contributed by atoms with Gasteiger partial charge in [-0.15, -0.1) is 0 Å². The van der Waals surface area contributed by atoms with Crippen LogP contribution in [-0.4, -0.2) is 70.6 Å². The minimum absolute atomic E-state index is 0.0842. The highest BCUT2D eigenvalue weighted by Gasteiger charge is 2.46. The number of urea groups is 1. The van der Waals surface area contributed by atoms with E-state index >= 15 is 0 Å². The molecular formula is C24H29N5O8S. The highest BCUT2D eigenvalue weighted by Crippen LogP contribution is 2.26. The molecule has 0 saturated carbocycles. The Morgan fingerprint density at radius 3 is 2.50 bits per heavy atom. The topological polar surface area (TPSA) is 179 Å². The predicted molar refractivity (Wildman–Crippen MR) is 138 cm³/mol. The Labute approximate surface area is 219 Å². The van der Waals surface area contributed by atoms with Gasteiger partial charge in [-0.05, 0) is 36.6 Å². The van der Waals surface area contributed by atoms with Crippen molar-refractivity contribution in [1.29, 1.82) is 0 Å². The third kappa shape index (κ3) is 6.83. The van der Waals surface area contributed by atoms with Gasteiger partial charge < -0.3 is 15.7 Å². The van der Waals surface area contributed by atoms with Crippen LogP contribution in [0.5, 0.6) is 0 Å². The monoisotopic (exact) mass is 547 g/mol. The van der Waals surface area contributed by atoms with Gasteiger partial charge in [0.2, 0.25) is 10.0 Å². The molecule has 3 amide bonds. The first-order valence-electron chi connectivity index (χ1n) is 11.8. The summed E-state index contributed by atoms with van der Waals surface area (Å²) in [5, 5.41) is 25.8. The van der Waals surface area contributed by atoms with Gasteiger partial charge in [0.1, 0.15) is 0 Å². The summed E-state index contributed by atoms with van der Waals surface area (Å²) in [6, 6.07) is 10.1. The maximum Gasteiger partial charge on any atom is 0.323 e. The zero-order valence-corrected chi connectivity index (χ0v) is 21.7. The van der Waals surface area contributed by atoms with Crippen molar-refractivity contribution in [3.05, 3.63) is 69.8 Å². The summed E-state index contributed by atoms with van der Waals surface area (Å²) < 4.78 is 26.9. The maximum atomic E-state index is 13.5. The number of carboxylic acid groups (broad SMARTS) is 1. The fourth-order valence-corrected chi connectivity index (χ4v) is 5.83. The van der Waals surface area contributed by atoms with E-state index in [1.54, 1.807) is 25.1 Å². The zero-order valence-electron chi connectivity index (χ0n) is 20.9. The number of aliphatic carboxylic acids is 1. The third-order valence-corrected chi connectivity index (χ3v) is 7.91. The standard InChI is InChI=1S/C24H29N5O8S/c1-3-12-38(36,37)28-11-10-27(24(33)25-18-8-4-6-16(2)13-18)23(28)22(32)26-20(15-21(30)31)17-7-5-9-19(14-17)29(34)35/h4-9,13-14,20,23H,3,10-12,15H2,1-2H3,(H,25,33)(H,26,32)(H,30,31). The molecule has 1 aliphatic rings. The minimum atomic E-state index is -3.95. The molecule has 3 rings (SSSR count). The molecule has 1 heterocycles. The Morgan fingerprint density at radius 1 is 1.16 bits per heavy atom. The first-order valence-corrected chi connectivity index (χ1v) is 13.4. The zero-order chi connectivity index (χ0) is 28.0. The van der Waals surface area contributed by atoms with E-state index in [2.05, 4.69) is 10.6 Å². The number of non-ortho nitro benzene ring substituents is 1. The number of sulfonamides is 1. The molecule has 2 atom stereocenters.